The van der Waals surface area contributed by atoms with Crippen molar-refractivity contribution in [1.29, 1.82) is 0 Å². The van der Waals surface area contributed by atoms with E-state index in [0.29, 0.717) is 17.8 Å². The molecular formula is C12H7F3N2O. The number of rotatable bonds is 2. The van der Waals surface area contributed by atoms with Gasteiger partial charge in [0.1, 0.15) is 23.0 Å². The van der Waals surface area contributed by atoms with E-state index in [2.05, 4.69) is 10.3 Å². The van der Waals surface area contributed by atoms with E-state index < -0.39 is 28.9 Å². The third-order valence-electron chi connectivity index (χ3n) is 2.17. The first-order valence-corrected chi connectivity index (χ1v) is 4.94. The highest BCUT2D eigenvalue weighted by molar-refractivity contribution is 6.04. The smallest absolute Gasteiger partial charge is 0.261 e. The van der Waals surface area contributed by atoms with Gasteiger partial charge in [-0.15, -0.1) is 0 Å². The van der Waals surface area contributed by atoms with E-state index >= 15 is 0 Å². The number of amides is 1. The molecule has 2 aromatic rings. The molecule has 0 bridgehead atoms. The van der Waals surface area contributed by atoms with Crippen LogP contribution in [0.15, 0.2) is 36.7 Å². The van der Waals surface area contributed by atoms with Crippen molar-refractivity contribution in [3.05, 3.63) is 59.7 Å². The Morgan fingerprint density at radius 2 is 1.61 bits per heavy atom. The number of hydrogen-bond donors (Lipinski definition) is 1. The summed E-state index contributed by atoms with van der Waals surface area (Å²) in [5.41, 5.74) is -0.494. The molecular weight excluding hydrogens is 245 g/mol. The zero-order chi connectivity index (χ0) is 13.1. The molecule has 92 valence electrons. The summed E-state index contributed by atoms with van der Waals surface area (Å²) in [6, 6.07) is 3.81. The fourth-order valence-corrected chi connectivity index (χ4v) is 1.39. The van der Waals surface area contributed by atoms with E-state index in [0.717, 1.165) is 0 Å². The first-order valence-electron chi connectivity index (χ1n) is 4.94. The van der Waals surface area contributed by atoms with E-state index in [1.807, 2.05) is 0 Å². The van der Waals surface area contributed by atoms with Gasteiger partial charge in [0, 0.05) is 30.2 Å². The molecule has 1 heterocycles. The Labute approximate surface area is 100 Å². The second-order valence-corrected chi connectivity index (χ2v) is 3.43. The van der Waals surface area contributed by atoms with Crippen LogP contribution in [-0.4, -0.2) is 10.9 Å². The predicted octanol–water partition coefficient (Wildman–Crippen LogP) is 2.75. The molecule has 1 N–H and O–H groups in total. The van der Waals surface area contributed by atoms with Gasteiger partial charge in [0.25, 0.3) is 5.91 Å². The number of nitrogens with zero attached hydrogens (tertiary/aromatic N) is 1. The topological polar surface area (TPSA) is 42.0 Å². The van der Waals surface area contributed by atoms with Crippen molar-refractivity contribution in [2.24, 2.45) is 0 Å². The van der Waals surface area contributed by atoms with Gasteiger partial charge in [0.2, 0.25) is 0 Å². The fraction of sp³-hybridized carbons (Fsp3) is 0. The zero-order valence-corrected chi connectivity index (χ0v) is 8.95. The van der Waals surface area contributed by atoms with Crippen molar-refractivity contribution < 1.29 is 18.0 Å². The summed E-state index contributed by atoms with van der Waals surface area (Å²) in [7, 11) is 0. The molecule has 0 fully saturated rings. The van der Waals surface area contributed by atoms with Crippen molar-refractivity contribution in [1.82, 2.24) is 4.98 Å². The predicted molar refractivity (Wildman–Crippen MR) is 58.5 cm³/mol. The summed E-state index contributed by atoms with van der Waals surface area (Å²) in [5.74, 6) is -4.57. The molecule has 2 rings (SSSR count). The lowest BCUT2D eigenvalue weighted by atomic mass is 10.1. The highest BCUT2D eigenvalue weighted by atomic mass is 19.1. The van der Waals surface area contributed by atoms with Crippen LogP contribution in [0, 0.1) is 17.5 Å². The van der Waals surface area contributed by atoms with Crippen LogP contribution in [0.4, 0.5) is 18.9 Å². The van der Waals surface area contributed by atoms with Gasteiger partial charge in [-0.1, -0.05) is 0 Å². The number of carbonyl (C=O) groups is 1. The van der Waals surface area contributed by atoms with Gasteiger partial charge in [-0.05, 0) is 12.1 Å². The average molecular weight is 252 g/mol. The van der Waals surface area contributed by atoms with Gasteiger partial charge >= 0.3 is 0 Å². The molecule has 0 saturated heterocycles. The van der Waals surface area contributed by atoms with Gasteiger partial charge < -0.3 is 5.32 Å². The molecule has 0 aliphatic carbocycles. The number of carbonyl (C=O) groups excluding carboxylic acids is 1. The largest absolute Gasteiger partial charge is 0.322 e. The van der Waals surface area contributed by atoms with E-state index in [4.69, 9.17) is 0 Å². The minimum atomic E-state index is -1.25. The highest BCUT2D eigenvalue weighted by Gasteiger charge is 2.18. The van der Waals surface area contributed by atoms with E-state index in [1.165, 1.54) is 24.5 Å². The fourth-order valence-electron chi connectivity index (χ4n) is 1.39. The van der Waals surface area contributed by atoms with E-state index in [-0.39, 0.29) is 0 Å². The first kappa shape index (κ1) is 12.1. The monoisotopic (exact) mass is 252 g/mol. The molecule has 1 amide bonds. The summed E-state index contributed by atoms with van der Waals surface area (Å²) in [6.45, 7) is 0. The molecule has 0 unspecified atom stereocenters. The van der Waals surface area contributed by atoms with Crippen LogP contribution in [0.3, 0.4) is 0 Å². The van der Waals surface area contributed by atoms with Crippen LogP contribution in [0.5, 0.6) is 0 Å². The Kier molecular flexibility index (Phi) is 3.27. The minimum Gasteiger partial charge on any atom is -0.322 e. The molecule has 0 atom stereocenters. The maximum Gasteiger partial charge on any atom is 0.261 e. The molecule has 0 saturated carbocycles. The Morgan fingerprint density at radius 3 is 2.17 bits per heavy atom. The number of aromatic nitrogens is 1. The quantitative estimate of drug-likeness (QED) is 0.892. The summed E-state index contributed by atoms with van der Waals surface area (Å²) < 4.78 is 39.3. The first-order chi connectivity index (χ1) is 8.58. The molecule has 1 aromatic carbocycles. The summed E-state index contributed by atoms with van der Waals surface area (Å²) in [4.78, 5) is 15.4. The second kappa shape index (κ2) is 4.87. The van der Waals surface area contributed by atoms with Gasteiger partial charge in [-0.2, -0.15) is 0 Å². The number of pyridine rings is 1. The maximum atomic E-state index is 13.3. The standard InChI is InChI=1S/C12H7F3N2O/c13-7-5-9(14)11(10(15)6-7)12(18)17-8-1-3-16-4-2-8/h1-6H,(H,16,17,18). The lowest BCUT2D eigenvalue weighted by molar-refractivity contribution is 0.101. The molecule has 0 aliphatic rings. The van der Waals surface area contributed by atoms with Crippen LogP contribution in [0.2, 0.25) is 0 Å². The highest BCUT2D eigenvalue weighted by Crippen LogP contribution is 2.16. The van der Waals surface area contributed by atoms with Gasteiger partial charge in [-0.3, -0.25) is 9.78 Å². The van der Waals surface area contributed by atoms with Crippen molar-refractivity contribution in [3.63, 3.8) is 0 Å². The average Bonchev–Trinajstić information content (AvgIpc) is 2.28. The molecule has 18 heavy (non-hydrogen) atoms. The van der Waals surface area contributed by atoms with E-state index in [1.54, 1.807) is 0 Å². The molecule has 3 nitrogen and oxygen atoms in total. The maximum absolute atomic E-state index is 13.3. The van der Waals surface area contributed by atoms with Crippen molar-refractivity contribution in [2.75, 3.05) is 5.32 Å². The number of anilines is 1. The second-order valence-electron chi connectivity index (χ2n) is 3.43. The van der Waals surface area contributed by atoms with Crippen LogP contribution < -0.4 is 5.32 Å². The lowest BCUT2D eigenvalue weighted by Crippen LogP contribution is -2.16. The molecule has 1 aromatic heterocycles. The normalized spacial score (nSPS) is 10.2. The molecule has 6 heteroatoms. The SMILES string of the molecule is O=C(Nc1ccncc1)c1c(F)cc(F)cc1F. The van der Waals surface area contributed by atoms with Crippen LogP contribution >= 0.6 is 0 Å². The van der Waals surface area contributed by atoms with Gasteiger partial charge in [-0.25, -0.2) is 13.2 Å². The number of nitrogens with one attached hydrogen (secondary N) is 1. The van der Waals surface area contributed by atoms with Gasteiger partial charge in [0.05, 0.1) is 0 Å². The lowest BCUT2D eigenvalue weighted by Gasteiger charge is -2.06. The molecule has 0 radical (unpaired) electrons. The third kappa shape index (κ3) is 2.48. The van der Waals surface area contributed by atoms with Gasteiger partial charge in [0.15, 0.2) is 0 Å². The van der Waals surface area contributed by atoms with Crippen molar-refractivity contribution in [2.45, 2.75) is 0 Å². The van der Waals surface area contributed by atoms with Crippen molar-refractivity contribution >= 4 is 11.6 Å². The zero-order valence-electron chi connectivity index (χ0n) is 8.95. The summed E-state index contributed by atoms with van der Waals surface area (Å²) >= 11 is 0. The summed E-state index contributed by atoms with van der Waals surface area (Å²) in [6.07, 6.45) is 2.82. The number of hydrogen-bond acceptors (Lipinski definition) is 2. The van der Waals surface area contributed by atoms with E-state index in [9.17, 15) is 18.0 Å². The van der Waals surface area contributed by atoms with Crippen LogP contribution in [0.1, 0.15) is 10.4 Å². The minimum absolute atomic E-state index is 0.332. The third-order valence-corrected chi connectivity index (χ3v) is 2.17. The van der Waals surface area contributed by atoms with Crippen LogP contribution in [0.25, 0.3) is 0 Å². The number of halogens is 3. The van der Waals surface area contributed by atoms with Crippen LogP contribution in [-0.2, 0) is 0 Å². The number of benzene rings is 1. The Balaban J connectivity index is 2.30. The molecule has 0 spiro atoms. The Hall–Kier alpha value is -2.37. The Morgan fingerprint density at radius 1 is 1.06 bits per heavy atom. The Bertz CT molecular complexity index is 564. The molecule has 0 aliphatic heterocycles. The summed E-state index contributed by atoms with van der Waals surface area (Å²) in [5, 5.41) is 2.28. The van der Waals surface area contributed by atoms with Crippen molar-refractivity contribution in [3.8, 4) is 0 Å².